The number of guanidine groups is 1. The second kappa shape index (κ2) is 9.30. The van der Waals surface area contributed by atoms with Crippen LogP contribution >= 0.6 is 0 Å². The molecular weight excluding hydrogens is 362 g/mol. The Morgan fingerprint density at radius 1 is 1.21 bits per heavy atom. The van der Waals surface area contributed by atoms with Gasteiger partial charge >= 0.3 is 0 Å². The van der Waals surface area contributed by atoms with Crippen molar-refractivity contribution in [3.05, 3.63) is 65.2 Å². The van der Waals surface area contributed by atoms with Gasteiger partial charge < -0.3 is 16.0 Å². The van der Waals surface area contributed by atoms with Crippen LogP contribution < -0.4 is 16.0 Å². The second-order valence-corrected chi connectivity index (χ2v) is 6.67. The SMILES string of the molecule is CCNC(=NCC1CC(=O)Nc2ccccc21)NCCc1cc(F)ccc1F. The van der Waals surface area contributed by atoms with E-state index in [-0.39, 0.29) is 11.8 Å². The smallest absolute Gasteiger partial charge is 0.225 e. The minimum atomic E-state index is -0.453. The lowest BCUT2D eigenvalue weighted by Crippen LogP contribution is -2.39. The monoisotopic (exact) mass is 386 g/mol. The average molecular weight is 386 g/mol. The van der Waals surface area contributed by atoms with Gasteiger partial charge in [0, 0.05) is 31.1 Å². The number of halogens is 2. The van der Waals surface area contributed by atoms with Crippen molar-refractivity contribution in [3.8, 4) is 0 Å². The summed E-state index contributed by atoms with van der Waals surface area (Å²) in [5.74, 6) is -0.302. The number of fused-ring (bicyclic) bond motifs is 1. The topological polar surface area (TPSA) is 65.5 Å². The fourth-order valence-corrected chi connectivity index (χ4v) is 3.26. The van der Waals surface area contributed by atoms with Crippen LogP contribution in [0.15, 0.2) is 47.5 Å². The largest absolute Gasteiger partial charge is 0.357 e. The van der Waals surface area contributed by atoms with E-state index in [0.717, 1.165) is 23.4 Å². The number of hydrogen-bond acceptors (Lipinski definition) is 2. The first-order valence-electron chi connectivity index (χ1n) is 9.41. The molecule has 28 heavy (non-hydrogen) atoms. The average Bonchev–Trinajstić information content (AvgIpc) is 2.68. The lowest BCUT2D eigenvalue weighted by Gasteiger charge is -2.24. The van der Waals surface area contributed by atoms with E-state index in [0.29, 0.717) is 44.0 Å². The quantitative estimate of drug-likeness (QED) is 0.528. The molecule has 0 saturated carbocycles. The molecule has 2 aromatic rings. The van der Waals surface area contributed by atoms with Gasteiger partial charge in [0.1, 0.15) is 11.6 Å². The third-order valence-corrected chi connectivity index (χ3v) is 4.62. The first kappa shape index (κ1) is 19.8. The molecule has 2 aromatic carbocycles. The fraction of sp³-hybridized carbons (Fsp3) is 0.333. The van der Waals surface area contributed by atoms with Crippen molar-refractivity contribution in [2.75, 3.05) is 25.0 Å². The number of carbonyl (C=O) groups excluding carboxylic acids is 1. The van der Waals surface area contributed by atoms with Gasteiger partial charge in [-0.15, -0.1) is 0 Å². The Kier molecular flexibility index (Phi) is 6.57. The Labute approximate surface area is 163 Å². The molecule has 0 radical (unpaired) electrons. The summed E-state index contributed by atoms with van der Waals surface area (Å²) in [6.07, 6.45) is 0.719. The number of benzene rings is 2. The number of hydrogen-bond donors (Lipinski definition) is 3. The summed E-state index contributed by atoms with van der Waals surface area (Å²) in [6, 6.07) is 11.2. The molecule has 0 saturated heterocycles. The molecule has 3 N–H and O–H groups in total. The molecule has 148 valence electrons. The Morgan fingerprint density at radius 2 is 2.04 bits per heavy atom. The third kappa shape index (κ3) is 5.06. The Balaban J connectivity index is 1.63. The molecule has 3 rings (SSSR count). The zero-order chi connectivity index (χ0) is 19.9. The second-order valence-electron chi connectivity index (χ2n) is 6.67. The Morgan fingerprint density at radius 3 is 2.86 bits per heavy atom. The molecule has 0 fully saturated rings. The van der Waals surface area contributed by atoms with Gasteiger partial charge in [-0.3, -0.25) is 9.79 Å². The molecule has 7 heteroatoms. The molecule has 1 amide bonds. The standard InChI is InChI=1S/C21H24F2N4O/c1-2-24-21(25-10-9-14-11-16(22)7-8-18(14)23)26-13-15-12-20(28)27-19-6-4-3-5-17(15)19/h3-8,11,15H,2,9-10,12-13H2,1H3,(H,27,28)(H2,24,25,26). The zero-order valence-corrected chi connectivity index (χ0v) is 15.8. The molecule has 0 aliphatic carbocycles. The van der Waals surface area contributed by atoms with E-state index >= 15 is 0 Å². The summed E-state index contributed by atoms with van der Waals surface area (Å²) in [5.41, 5.74) is 2.23. The van der Waals surface area contributed by atoms with Crippen LogP contribution in [0.4, 0.5) is 14.5 Å². The van der Waals surface area contributed by atoms with Crippen molar-refractivity contribution in [1.82, 2.24) is 10.6 Å². The van der Waals surface area contributed by atoms with Crippen LogP contribution in [0.3, 0.4) is 0 Å². The highest BCUT2D eigenvalue weighted by Gasteiger charge is 2.24. The number of para-hydroxylation sites is 1. The number of nitrogens with one attached hydrogen (secondary N) is 3. The lowest BCUT2D eigenvalue weighted by atomic mass is 9.91. The van der Waals surface area contributed by atoms with Gasteiger partial charge in [0.25, 0.3) is 0 Å². The van der Waals surface area contributed by atoms with Gasteiger partial charge in [0.05, 0.1) is 6.54 Å². The molecule has 1 heterocycles. The number of rotatable bonds is 6. The van der Waals surface area contributed by atoms with E-state index in [2.05, 4.69) is 20.9 Å². The summed E-state index contributed by atoms with van der Waals surface area (Å²) >= 11 is 0. The molecule has 5 nitrogen and oxygen atoms in total. The van der Waals surface area contributed by atoms with Crippen LogP contribution in [0.25, 0.3) is 0 Å². The third-order valence-electron chi connectivity index (χ3n) is 4.62. The number of anilines is 1. The predicted molar refractivity (Wildman–Crippen MR) is 106 cm³/mol. The summed E-state index contributed by atoms with van der Waals surface area (Å²) in [4.78, 5) is 16.5. The number of nitrogens with zero attached hydrogens (tertiary/aromatic N) is 1. The zero-order valence-electron chi connectivity index (χ0n) is 15.8. The molecule has 0 spiro atoms. The van der Waals surface area contributed by atoms with Gasteiger partial charge in [-0.2, -0.15) is 0 Å². The van der Waals surface area contributed by atoms with Crippen molar-refractivity contribution < 1.29 is 13.6 Å². The van der Waals surface area contributed by atoms with Crippen LogP contribution in [0.2, 0.25) is 0 Å². The summed E-state index contributed by atoms with van der Waals surface area (Å²) < 4.78 is 27.0. The molecule has 0 bridgehead atoms. The van der Waals surface area contributed by atoms with Crippen molar-refractivity contribution in [1.29, 1.82) is 0 Å². The van der Waals surface area contributed by atoms with Crippen LogP contribution in [-0.4, -0.2) is 31.5 Å². The summed E-state index contributed by atoms with van der Waals surface area (Å²) in [6.45, 7) is 3.48. The van der Waals surface area contributed by atoms with Crippen LogP contribution in [0.5, 0.6) is 0 Å². The highest BCUT2D eigenvalue weighted by Crippen LogP contribution is 2.31. The minimum Gasteiger partial charge on any atom is -0.357 e. The van der Waals surface area contributed by atoms with E-state index in [9.17, 15) is 13.6 Å². The van der Waals surface area contributed by atoms with Crippen molar-refractivity contribution in [2.45, 2.75) is 25.7 Å². The highest BCUT2D eigenvalue weighted by atomic mass is 19.1. The molecule has 1 aliphatic heterocycles. The molecular formula is C21H24F2N4O. The summed E-state index contributed by atoms with van der Waals surface area (Å²) in [5, 5.41) is 9.16. The first-order chi connectivity index (χ1) is 13.6. The van der Waals surface area contributed by atoms with Crippen LogP contribution in [0.1, 0.15) is 30.4 Å². The predicted octanol–water partition coefficient (Wildman–Crippen LogP) is 3.19. The van der Waals surface area contributed by atoms with Crippen molar-refractivity contribution in [2.24, 2.45) is 4.99 Å². The Bertz CT molecular complexity index is 869. The molecule has 0 aromatic heterocycles. The van der Waals surface area contributed by atoms with Crippen molar-refractivity contribution >= 4 is 17.6 Å². The maximum atomic E-state index is 13.7. The highest BCUT2D eigenvalue weighted by molar-refractivity contribution is 5.94. The number of aliphatic imine (C=N–C) groups is 1. The van der Waals surface area contributed by atoms with Crippen molar-refractivity contribution in [3.63, 3.8) is 0 Å². The van der Waals surface area contributed by atoms with Gasteiger partial charge in [0.15, 0.2) is 5.96 Å². The number of carbonyl (C=O) groups is 1. The van der Waals surface area contributed by atoms with Gasteiger partial charge in [0.2, 0.25) is 5.91 Å². The maximum Gasteiger partial charge on any atom is 0.225 e. The van der Waals surface area contributed by atoms with Crippen LogP contribution in [0, 0.1) is 11.6 Å². The van der Waals surface area contributed by atoms with E-state index in [1.54, 1.807) is 0 Å². The minimum absolute atomic E-state index is 0.000991. The van der Waals surface area contributed by atoms with Gasteiger partial charge in [-0.05, 0) is 48.7 Å². The molecule has 1 unspecified atom stereocenters. The van der Waals surface area contributed by atoms with E-state index in [1.807, 2.05) is 31.2 Å². The maximum absolute atomic E-state index is 13.7. The molecule has 1 atom stereocenters. The van der Waals surface area contributed by atoms with Gasteiger partial charge in [-0.25, -0.2) is 8.78 Å². The first-order valence-corrected chi connectivity index (χ1v) is 9.41. The number of amides is 1. The normalized spacial score (nSPS) is 16.3. The lowest BCUT2D eigenvalue weighted by molar-refractivity contribution is -0.116. The Hall–Kier alpha value is -2.96. The van der Waals surface area contributed by atoms with Crippen LogP contribution in [-0.2, 0) is 11.2 Å². The fourth-order valence-electron chi connectivity index (χ4n) is 3.26. The summed E-state index contributed by atoms with van der Waals surface area (Å²) in [7, 11) is 0. The van der Waals surface area contributed by atoms with E-state index in [4.69, 9.17) is 0 Å². The van der Waals surface area contributed by atoms with Gasteiger partial charge in [-0.1, -0.05) is 18.2 Å². The van der Waals surface area contributed by atoms with E-state index < -0.39 is 11.6 Å². The van der Waals surface area contributed by atoms with E-state index in [1.165, 1.54) is 6.07 Å². The molecule has 1 aliphatic rings.